The lowest BCUT2D eigenvalue weighted by molar-refractivity contribution is -0.139. The van der Waals surface area contributed by atoms with Gasteiger partial charge in [0.2, 0.25) is 11.8 Å². The van der Waals surface area contributed by atoms with Gasteiger partial charge in [-0.3, -0.25) is 9.59 Å². The Bertz CT molecular complexity index is 1890. The lowest BCUT2D eigenvalue weighted by Gasteiger charge is -2.40. The number of hydrogen-bond acceptors (Lipinski definition) is 7. The monoisotopic (exact) mass is 809 g/mol. The number of aryl methyl sites for hydroxylation is 1. The number of pyridine rings is 1. The standard InChI is InChI=1S/C42H50Cl3N5O5/c1-25-17-35(44)39(36(45)18-25)54-31-13-15-48(23-31)37-12-6-27(21-46-37)32-14-16-49(41(53)55-42(2,3)4)24-33(32)40(52)50(30-9-10-30)22-28-19-26(5-11-34(28)43)20-38(51)47-29-7-8-29/h5-6,11-12,17-19,21,29-33H,7-10,13-16,20,22-24H2,1-4H3,(H,47,51)/t31-,32+,33-/m0/s1. The summed E-state index contributed by atoms with van der Waals surface area (Å²) < 4.78 is 12.0. The largest absolute Gasteiger partial charge is 0.485 e. The minimum Gasteiger partial charge on any atom is -0.485 e. The Hall–Kier alpha value is -3.73. The van der Waals surface area contributed by atoms with E-state index in [4.69, 9.17) is 49.3 Å². The predicted octanol–water partition coefficient (Wildman–Crippen LogP) is 8.36. The molecule has 10 nitrogen and oxygen atoms in total. The smallest absolute Gasteiger partial charge is 0.410 e. The normalized spacial score (nSPS) is 21.3. The Morgan fingerprint density at radius 1 is 0.909 bits per heavy atom. The van der Waals surface area contributed by atoms with Crippen molar-refractivity contribution in [3.63, 3.8) is 0 Å². The molecule has 3 aromatic rings. The molecule has 1 N–H and O–H groups in total. The fraction of sp³-hybridized carbons (Fsp3) is 0.524. The van der Waals surface area contributed by atoms with Crippen LogP contribution < -0.4 is 15.0 Å². The molecule has 2 saturated heterocycles. The van der Waals surface area contributed by atoms with Crippen molar-refractivity contribution in [2.75, 3.05) is 31.1 Å². The molecule has 4 aliphatic rings. The number of nitrogens with zero attached hydrogens (tertiary/aromatic N) is 4. The first-order valence-corrected chi connectivity index (χ1v) is 20.5. The zero-order valence-corrected chi connectivity index (χ0v) is 34.2. The zero-order chi connectivity index (χ0) is 39.0. The first kappa shape index (κ1) is 39.5. The summed E-state index contributed by atoms with van der Waals surface area (Å²) in [6, 6.07) is 13.8. The molecule has 0 spiro atoms. The fourth-order valence-corrected chi connectivity index (χ4v) is 8.48. The van der Waals surface area contributed by atoms with Gasteiger partial charge in [0.1, 0.15) is 17.5 Å². The lowest BCUT2D eigenvalue weighted by Crippen LogP contribution is -2.51. The molecule has 1 aromatic heterocycles. The number of benzene rings is 2. The number of likely N-dealkylation sites (tertiary alicyclic amines) is 1. The van der Waals surface area contributed by atoms with Crippen molar-refractivity contribution < 1.29 is 23.9 Å². The van der Waals surface area contributed by atoms with Gasteiger partial charge in [0.25, 0.3) is 0 Å². The van der Waals surface area contributed by atoms with Crippen LogP contribution in [0.4, 0.5) is 10.6 Å². The third-order valence-electron chi connectivity index (χ3n) is 10.7. The van der Waals surface area contributed by atoms with Crippen molar-refractivity contribution in [1.29, 1.82) is 0 Å². The van der Waals surface area contributed by atoms with E-state index in [1.807, 2.05) is 75.2 Å². The number of hydrogen-bond donors (Lipinski definition) is 1. The van der Waals surface area contributed by atoms with E-state index in [0.717, 1.165) is 66.7 Å². The van der Waals surface area contributed by atoms with Gasteiger partial charge in [-0.25, -0.2) is 9.78 Å². The van der Waals surface area contributed by atoms with E-state index in [1.165, 1.54) is 0 Å². The number of rotatable bonds is 11. The second-order valence-electron chi connectivity index (χ2n) is 16.6. The summed E-state index contributed by atoms with van der Waals surface area (Å²) in [5.41, 5.74) is 2.93. The minimum atomic E-state index is -0.664. The molecule has 2 saturated carbocycles. The number of aromatic nitrogens is 1. The predicted molar refractivity (Wildman–Crippen MR) is 215 cm³/mol. The van der Waals surface area contributed by atoms with Crippen LogP contribution >= 0.6 is 34.8 Å². The molecule has 4 fully saturated rings. The number of piperidine rings is 1. The van der Waals surface area contributed by atoms with Crippen LogP contribution in [0, 0.1) is 12.8 Å². The molecule has 3 amide bonds. The highest BCUT2D eigenvalue weighted by Crippen LogP contribution is 2.40. The Balaban J connectivity index is 1.08. The second-order valence-corrected chi connectivity index (χ2v) is 17.8. The van der Waals surface area contributed by atoms with E-state index in [2.05, 4.69) is 16.3 Å². The van der Waals surface area contributed by atoms with Crippen molar-refractivity contribution in [1.82, 2.24) is 20.1 Å². The van der Waals surface area contributed by atoms with Gasteiger partial charge in [0.05, 0.1) is 28.9 Å². The van der Waals surface area contributed by atoms with Crippen LogP contribution in [-0.2, 0) is 27.3 Å². The molecule has 0 bridgehead atoms. The Morgan fingerprint density at radius 2 is 1.65 bits per heavy atom. The molecule has 3 heterocycles. The van der Waals surface area contributed by atoms with E-state index in [1.54, 1.807) is 4.90 Å². The number of nitrogens with one attached hydrogen (secondary N) is 1. The highest BCUT2D eigenvalue weighted by atomic mass is 35.5. The number of halogens is 3. The molecular formula is C42H50Cl3N5O5. The summed E-state index contributed by atoms with van der Waals surface area (Å²) in [5.74, 6) is 0.615. The summed E-state index contributed by atoms with van der Waals surface area (Å²) in [4.78, 5) is 51.4. The van der Waals surface area contributed by atoms with Crippen LogP contribution in [-0.4, -0.2) is 82.7 Å². The summed E-state index contributed by atoms with van der Waals surface area (Å²) in [5, 5.41) is 4.60. The fourth-order valence-electron chi connectivity index (χ4n) is 7.62. The maximum atomic E-state index is 14.8. The molecule has 13 heteroatoms. The van der Waals surface area contributed by atoms with Crippen molar-refractivity contribution in [2.45, 2.75) is 109 Å². The van der Waals surface area contributed by atoms with Gasteiger partial charge >= 0.3 is 6.09 Å². The van der Waals surface area contributed by atoms with E-state index >= 15 is 0 Å². The van der Waals surface area contributed by atoms with E-state index < -0.39 is 17.6 Å². The van der Waals surface area contributed by atoms with Gasteiger partial charge < -0.3 is 29.5 Å². The molecule has 2 aromatic carbocycles. The SMILES string of the molecule is Cc1cc(Cl)c(O[C@H]2CCN(c3ccc([C@H]4CCN(C(=O)OC(C)(C)C)C[C@@H]4C(=O)N(Cc4cc(CC(=O)NC5CC5)ccc4Cl)C4CC4)cn3)C2)c(Cl)c1. The number of anilines is 1. The molecule has 2 aliphatic heterocycles. The zero-order valence-electron chi connectivity index (χ0n) is 32.0. The van der Waals surface area contributed by atoms with Crippen LogP contribution in [0.5, 0.6) is 5.75 Å². The van der Waals surface area contributed by atoms with Gasteiger partial charge in [-0.2, -0.15) is 0 Å². The van der Waals surface area contributed by atoms with Crippen molar-refractivity contribution in [3.8, 4) is 5.75 Å². The van der Waals surface area contributed by atoms with Gasteiger partial charge in [0.15, 0.2) is 5.75 Å². The van der Waals surface area contributed by atoms with Crippen molar-refractivity contribution in [3.05, 3.63) is 86.0 Å². The lowest BCUT2D eigenvalue weighted by atomic mass is 9.80. The topological polar surface area (TPSA) is 104 Å². The summed E-state index contributed by atoms with van der Waals surface area (Å²) in [6.07, 6.45) is 6.85. The number of carbonyl (C=O) groups excluding carboxylic acids is 3. The van der Waals surface area contributed by atoms with Crippen molar-refractivity contribution in [2.24, 2.45) is 5.92 Å². The summed E-state index contributed by atoms with van der Waals surface area (Å²) in [6.45, 7) is 9.88. The van der Waals surface area contributed by atoms with E-state index in [-0.39, 0.29) is 48.9 Å². The quantitative estimate of drug-likeness (QED) is 0.208. The molecule has 294 valence electrons. The first-order chi connectivity index (χ1) is 26.2. The molecule has 2 aliphatic carbocycles. The van der Waals surface area contributed by atoms with Gasteiger partial charge in [-0.1, -0.05) is 53.0 Å². The summed E-state index contributed by atoms with van der Waals surface area (Å²) >= 11 is 19.7. The van der Waals surface area contributed by atoms with Crippen LogP contribution in [0.1, 0.15) is 87.5 Å². The number of amides is 3. The highest BCUT2D eigenvalue weighted by Gasteiger charge is 2.44. The van der Waals surface area contributed by atoms with E-state index in [0.29, 0.717) is 46.9 Å². The minimum absolute atomic E-state index is 0.00670. The first-order valence-electron chi connectivity index (χ1n) is 19.4. The molecule has 3 atom stereocenters. The van der Waals surface area contributed by atoms with Gasteiger partial charge in [0, 0.05) is 61.8 Å². The van der Waals surface area contributed by atoms with Crippen LogP contribution in [0.25, 0.3) is 0 Å². The van der Waals surface area contributed by atoms with Gasteiger partial charge in [-0.05, 0) is 106 Å². The Morgan fingerprint density at radius 3 is 2.31 bits per heavy atom. The average molecular weight is 811 g/mol. The second kappa shape index (κ2) is 16.4. The number of ether oxygens (including phenoxy) is 2. The Labute approximate surface area is 338 Å². The van der Waals surface area contributed by atoms with Crippen molar-refractivity contribution >= 4 is 58.5 Å². The number of carbonyl (C=O) groups is 3. The maximum Gasteiger partial charge on any atom is 0.410 e. The Kier molecular flexibility index (Phi) is 11.8. The third kappa shape index (κ3) is 9.99. The molecule has 7 rings (SSSR count). The maximum absolute atomic E-state index is 14.8. The molecule has 0 radical (unpaired) electrons. The van der Waals surface area contributed by atoms with Crippen LogP contribution in [0.15, 0.2) is 48.7 Å². The molecule has 0 unspecified atom stereocenters. The molecule has 55 heavy (non-hydrogen) atoms. The van der Waals surface area contributed by atoms with E-state index in [9.17, 15) is 14.4 Å². The highest BCUT2D eigenvalue weighted by molar-refractivity contribution is 6.37. The third-order valence-corrected chi connectivity index (χ3v) is 11.6. The summed E-state index contributed by atoms with van der Waals surface area (Å²) in [7, 11) is 0. The van der Waals surface area contributed by atoms with Crippen LogP contribution in [0.3, 0.4) is 0 Å². The average Bonchev–Trinajstić information content (AvgIpc) is 4.08. The molecular weight excluding hydrogens is 761 g/mol. The van der Waals surface area contributed by atoms with Crippen LogP contribution in [0.2, 0.25) is 15.1 Å². The van der Waals surface area contributed by atoms with Gasteiger partial charge in [-0.15, -0.1) is 0 Å².